The number of carbonyl (C=O) groups is 2. The number of nitrogens with one attached hydrogen (secondary N) is 4. The lowest BCUT2D eigenvalue weighted by Gasteiger charge is -2.29. The zero-order valence-corrected chi connectivity index (χ0v) is 22.4. The molecule has 2 aromatic carbocycles. The van der Waals surface area contributed by atoms with Gasteiger partial charge in [-0.15, -0.1) is 11.3 Å². The molecular weight excluding hydrogens is 524 g/mol. The maximum atomic E-state index is 14.0. The number of amidine groups is 1. The molecule has 38 heavy (non-hydrogen) atoms. The summed E-state index contributed by atoms with van der Waals surface area (Å²) in [4.78, 5) is 32.1. The van der Waals surface area contributed by atoms with Gasteiger partial charge in [-0.25, -0.2) is 18.1 Å². The Labute approximate surface area is 225 Å². The number of hydrogen-bond acceptors (Lipinski definition) is 8. The van der Waals surface area contributed by atoms with E-state index in [-0.39, 0.29) is 16.6 Å². The fourth-order valence-corrected chi connectivity index (χ4v) is 6.11. The van der Waals surface area contributed by atoms with E-state index in [4.69, 9.17) is 11.1 Å². The van der Waals surface area contributed by atoms with Gasteiger partial charge < -0.3 is 16.4 Å². The Kier molecular flexibility index (Phi) is 8.67. The van der Waals surface area contributed by atoms with Gasteiger partial charge in [0.2, 0.25) is 15.9 Å². The topological polar surface area (TPSA) is 167 Å². The third-order valence-electron chi connectivity index (χ3n) is 6.29. The number of nitrogens with zero attached hydrogens (tertiary/aromatic N) is 1. The van der Waals surface area contributed by atoms with Crippen LogP contribution in [0.25, 0.3) is 0 Å². The molecule has 1 unspecified atom stereocenters. The fourth-order valence-electron chi connectivity index (χ4n) is 4.56. The highest BCUT2D eigenvalue weighted by Crippen LogP contribution is 2.30. The van der Waals surface area contributed by atoms with Gasteiger partial charge in [0.15, 0.2) is 5.78 Å². The van der Waals surface area contributed by atoms with E-state index in [1.807, 2.05) is 60.7 Å². The third-order valence-corrected chi connectivity index (χ3v) is 8.06. The molecule has 3 aromatic rings. The van der Waals surface area contributed by atoms with Crippen LogP contribution in [0.3, 0.4) is 0 Å². The van der Waals surface area contributed by atoms with Crippen molar-refractivity contribution >= 4 is 38.9 Å². The lowest BCUT2D eigenvalue weighted by Crippen LogP contribution is -2.53. The van der Waals surface area contributed by atoms with Crippen molar-refractivity contribution in [3.05, 3.63) is 87.9 Å². The van der Waals surface area contributed by atoms with E-state index in [9.17, 15) is 18.0 Å². The average molecular weight is 555 g/mol. The van der Waals surface area contributed by atoms with E-state index in [0.29, 0.717) is 17.8 Å². The molecule has 12 heteroatoms. The molecule has 200 valence electrons. The maximum Gasteiger partial charge on any atom is 0.240 e. The molecular formula is C26H30N6O4S2. The number of nitrogen functional groups attached to an aromatic ring is 1. The first-order valence-electron chi connectivity index (χ1n) is 12.1. The number of rotatable bonds is 11. The van der Waals surface area contributed by atoms with Gasteiger partial charge in [-0.2, -0.15) is 0 Å². The van der Waals surface area contributed by atoms with Gasteiger partial charge in [0.05, 0.1) is 17.2 Å². The minimum absolute atomic E-state index is 0.199. The summed E-state index contributed by atoms with van der Waals surface area (Å²) in [6.07, 6.45) is 3.80. The maximum absolute atomic E-state index is 14.0. The summed E-state index contributed by atoms with van der Waals surface area (Å²) >= 11 is 1.04. The Morgan fingerprint density at radius 3 is 2.18 bits per heavy atom. The zero-order chi connectivity index (χ0) is 27.3. The van der Waals surface area contributed by atoms with Crippen LogP contribution in [0, 0.1) is 5.41 Å². The van der Waals surface area contributed by atoms with Crippen LogP contribution in [0.2, 0.25) is 0 Å². The van der Waals surface area contributed by atoms with Crippen LogP contribution in [-0.2, 0) is 19.6 Å². The summed E-state index contributed by atoms with van der Waals surface area (Å²) in [6, 6.07) is 15.3. The summed E-state index contributed by atoms with van der Waals surface area (Å²) in [5.41, 5.74) is 7.06. The Morgan fingerprint density at radius 2 is 1.71 bits per heavy atom. The molecule has 1 aromatic heterocycles. The van der Waals surface area contributed by atoms with Crippen molar-refractivity contribution in [2.75, 3.05) is 12.8 Å². The van der Waals surface area contributed by atoms with Crippen LogP contribution < -0.4 is 21.1 Å². The van der Waals surface area contributed by atoms with Crippen LogP contribution in [0.4, 0.5) is 0 Å². The second-order valence-electron chi connectivity index (χ2n) is 9.14. The molecule has 2 heterocycles. The SMILES string of the molecule is CS(=O)(=O)N[C@@H](C(=O)NC(C(=O)[C@@H]1CCCN1)c1ncc(C(=N)N)s1)C(c1ccccc1)c1ccccc1. The standard InChI is InChI=1S/C26H30N6O4S2/c1-38(35,36)32-21(20(16-9-4-2-5-10-16)17-11-6-3-7-12-17)25(34)31-22(23(33)18-13-8-14-29-18)26-30-15-19(37-26)24(27)28/h2-7,9-12,15,18,20-22,29,32H,8,13-14H2,1H3,(H3,27,28)(H,31,34)/t18-,21+,22?/m0/s1. The number of Topliss-reactive ketones (excluding diaryl/α,β-unsaturated/α-hetero) is 1. The number of nitrogens with two attached hydrogens (primary N) is 1. The number of carbonyl (C=O) groups excluding carboxylic acids is 2. The minimum Gasteiger partial charge on any atom is -0.383 e. The van der Waals surface area contributed by atoms with Crippen molar-refractivity contribution in [3.63, 3.8) is 0 Å². The van der Waals surface area contributed by atoms with E-state index in [2.05, 4.69) is 20.3 Å². The van der Waals surface area contributed by atoms with Gasteiger partial charge >= 0.3 is 0 Å². The molecule has 6 N–H and O–H groups in total. The molecule has 0 spiro atoms. The van der Waals surface area contributed by atoms with E-state index < -0.39 is 40.0 Å². The molecule has 0 radical (unpaired) electrons. The van der Waals surface area contributed by atoms with Crippen molar-refractivity contribution < 1.29 is 18.0 Å². The largest absolute Gasteiger partial charge is 0.383 e. The van der Waals surface area contributed by atoms with Gasteiger partial charge in [0.25, 0.3) is 0 Å². The average Bonchev–Trinajstić information content (AvgIpc) is 3.60. The van der Waals surface area contributed by atoms with Crippen molar-refractivity contribution in [2.45, 2.75) is 36.9 Å². The predicted molar refractivity (Wildman–Crippen MR) is 147 cm³/mol. The highest BCUT2D eigenvalue weighted by atomic mass is 32.2. The molecule has 1 saturated heterocycles. The molecule has 1 aliphatic heterocycles. The highest BCUT2D eigenvalue weighted by Gasteiger charge is 2.38. The number of thiazole rings is 1. The second kappa shape index (κ2) is 11.9. The second-order valence-corrected chi connectivity index (χ2v) is 12.0. The summed E-state index contributed by atoms with van der Waals surface area (Å²) in [6.45, 7) is 0.677. The molecule has 1 fully saturated rings. The highest BCUT2D eigenvalue weighted by molar-refractivity contribution is 7.88. The van der Waals surface area contributed by atoms with Crippen LogP contribution >= 0.6 is 11.3 Å². The van der Waals surface area contributed by atoms with Gasteiger partial charge in [-0.3, -0.25) is 15.0 Å². The Hall–Kier alpha value is -3.45. The molecule has 3 atom stereocenters. The van der Waals surface area contributed by atoms with Gasteiger partial charge in [0, 0.05) is 12.1 Å². The molecule has 4 rings (SSSR count). The summed E-state index contributed by atoms with van der Waals surface area (Å²) in [5, 5.41) is 13.9. The number of ketones is 1. The van der Waals surface area contributed by atoms with E-state index in [1.165, 1.54) is 6.20 Å². The minimum atomic E-state index is -3.84. The van der Waals surface area contributed by atoms with Crippen molar-refractivity contribution in [2.24, 2.45) is 5.73 Å². The number of aromatic nitrogens is 1. The van der Waals surface area contributed by atoms with Crippen LogP contribution in [0.5, 0.6) is 0 Å². The molecule has 10 nitrogen and oxygen atoms in total. The predicted octanol–water partition coefficient (Wildman–Crippen LogP) is 1.66. The Bertz CT molecular complexity index is 1350. The lowest BCUT2D eigenvalue weighted by molar-refractivity contribution is -0.130. The molecule has 0 bridgehead atoms. The van der Waals surface area contributed by atoms with Gasteiger partial charge in [-0.05, 0) is 30.5 Å². The fraction of sp³-hybridized carbons (Fsp3) is 0.308. The monoisotopic (exact) mass is 554 g/mol. The number of benzene rings is 2. The normalized spacial score (nSPS) is 17.2. The Morgan fingerprint density at radius 1 is 1.11 bits per heavy atom. The van der Waals surface area contributed by atoms with Crippen LogP contribution in [-0.4, -0.2) is 55.8 Å². The molecule has 1 amide bonds. The van der Waals surface area contributed by atoms with Crippen LogP contribution in [0.1, 0.15) is 45.8 Å². The first kappa shape index (κ1) is 27.6. The summed E-state index contributed by atoms with van der Waals surface area (Å²) in [5.74, 6) is -1.84. The number of amides is 1. The number of hydrogen-bond donors (Lipinski definition) is 5. The quantitative estimate of drug-likeness (QED) is 0.177. The Balaban J connectivity index is 1.75. The molecule has 0 saturated carbocycles. The summed E-state index contributed by atoms with van der Waals surface area (Å²) in [7, 11) is -3.84. The molecule has 0 aliphatic carbocycles. The van der Waals surface area contributed by atoms with E-state index >= 15 is 0 Å². The van der Waals surface area contributed by atoms with Crippen molar-refractivity contribution in [1.82, 2.24) is 20.3 Å². The van der Waals surface area contributed by atoms with Gasteiger partial charge in [-0.1, -0.05) is 60.7 Å². The van der Waals surface area contributed by atoms with Crippen LogP contribution in [0.15, 0.2) is 66.9 Å². The first-order valence-corrected chi connectivity index (χ1v) is 14.8. The number of sulfonamides is 1. The lowest BCUT2D eigenvalue weighted by atomic mass is 9.85. The zero-order valence-electron chi connectivity index (χ0n) is 20.8. The molecule has 1 aliphatic rings. The summed E-state index contributed by atoms with van der Waals surface area (Å²) < 4.78 is 27.5. The first-order chi connectivity index (χ1) is 18.1. The van der Waals surface area contributed by atoms with Crippen molar-refractivity contribution in [1.29, 1.82) is 5.41 Å². The van der Waals surface area contributed by atoms with E-state index in [1.54, 1.807) is 0 Å². The van der Waals surface area contributed by atoms with Crippen molar-refractivity contribution in [3.8, 4) is 0 Å². The smallest absolute Gasteiger partial charge is 0.240 e. The third kappa shape index (κ3) is 6.70. The van der Waals surface area contributed by atoms with Gasteiger partial charge in [0.1, 0.15) is 22.9 Å². The van der Waals surface area contributed by atoms with E-state index in [0.717, 1.165) is 35.1 Å².